The molecule has 4 heteroatoms. The van der Waals surface area contributed by atoms with Crippen molar-refractivity contribution in [3.05, 3.63) is 48.0 Å². The number of hydrogen-bond donors (Lipinski definition) is 1. The Bertz CT molecular complexity index is 435. The van der Waals surface area contributed by atoms with Crippen LogP contribution in [0.4, 0.5) is 0 Å². The number of pyridine rings is 1. The van der Waals surface area contributed by atoms with Crippen molar-refractivity contribution >= 4 is 0 Å². The highest BCUT2D eigenvalue weighted by Crippen LogP contribution is 2.14. The monoisotopic (exact) mass is 216 g/mol. The molecule has 2 heterocycles. The molecule has 0 bridgehead atoms. The van der Waals surface area contributed by atoms with E-state index in [1.807, 2.05) is 29.2 Å². The van der Waals surface area contributed by atoms with E-state index in [0.29, 0.717) is 0 Å². The van der Waals surface area contributed by atoms with Crippen molar-refractivity contribution in [2.45, 2.75) is 25.9 Å². The summed E-state index contributed by atoms with van der Waals surface area (Å²) in [4.78, 5) is 3.99. The predicted octanol–water partition coefficient (Wildman–Crippen LogP) is 1.54. The largest absolute Gasteiger partial charge is 0.324 e. The second-order valence-electron chi connectivity index (χ2n) is 3.80. The van der Waals surface area contributed by atoms with Crippen molar-refractivity contribution in [2.24, 2.45) is 5.73 Å². The van der Waals surface area contributed by atoms with Crippen LogP contribution in [-0.4, -0.2) is 14.8 Å². The lowest BCUT2D eigenvalue weighted by atomic mass is 10.0. The van der Waals surface area contributed by atoms with Gasteiger partial charge in [-0.15, -0.1) is 0 Å². The average molecular weight is 216 g/mol. The third-order valence-corrected chi connectivity index (χ3v) is 2.61. The van der Waals surface area contributed by atoms with E-state index < -0.39 is 0 Å². The molecule has 0 spiro atoms. The Labute approximate surface area is 95.1 Å². The molecule has 0 saturated carbocycles. The van der Waals surface area contributed by atoms with E-state index in [1.165, 1.54) is 5.56 Å². The van der Waals surface area contributed by atoms with E-state index in [1.54, 1.807) is 12.4 Å². The van der Waals surface area contributed by atoms with Gasteiger partial charge in [0.05, 0.1) is 6.20 Å². The molecule has 16 heavy (non-hydrogen) atoms. The molecule has 0 radical (unpaired) electrons. The zero-order valence-electron chi connectivity index (χ0n) is 9.37. The van der Waals surface area contributed by atoms with Crippen LogP contribution in [0.1, 0.15) is 24.1 Å². The van der Waals surface area contributed by atoms with Crippen LogP contribution in [0.2, 0.25) is 0 Å². The number of nitrogens with zero attached hydrogens (tertiary/aromatic N) is 3. The zero-order chi connectivity index (χ0) is 11.4. The Morgan fingerprint density at radius 3 is 2.75 bits per heavy atom. The second kappa shape index (κ2) is 4.90. The Morgan fingerprint density at radius 2 is 2.12 bits per heavy atom. The summed E-state index contributed by atoms with van der Waals surface area (Å²) >= 11 is 0. The molecule has 0 fully saturated rings. The molecule has 2 N–H and O–H groups in total. The Morgan fingerprint density at radius 1 is 1.38 bits per heavy atom. The van der Waals surface area contributed by atoms with Gasteiger partial charge in [0.1, 0.15) is 0 Å². The van der Waals surface area contributed by atoms with Crippen molar-refractivity contribution in [3.63, 3.8) is 0 Å². The molecule has 4 nitrogen and oxygen atoms in total. The normalized spacial score (nSPS) is 12.6. The Balaban J connectivity index is 2.05. The first-order valence-electron chi connectivity index (χ1n) is 5.46. The van der Waals surface area contributed by atoms with Gasteiger partial charge < -0.3 is 5.73 Å². The first kappa shape index (κ1) is 10.8. The maximum atomic E-state index is 6.12. The summed E-state index contributed by atoms with van der Waals surface area (Å²) in [6.45, 7) is 2.94. The van der Waals surface area contributed by atoms with Crippen molar-refractivity contribution in [1.29, 1.82) is 0 Å². The van der Waals surface area contributed by atoms with Crippen LogP contribution in [0.15, 0.2) is 36.9 Å². The van der Waals surface area contributed by atoms with Gasteiger partial charge in [0.25, 0.3) is 0 Å². The SMILES string of the molecule is CCn1cc(C(N)Cc2ccncc2)cn1. The highest BCUT2D eigenvalue weighted by molar-refractivity contribution is 5.17. The van der Waals surface area contributed by atoms with Crippen LogP contribution in [0.25, 0.3) is 0 Å². The number of aryl methyl sites for hydroxylation is 1. The third-order valence-electron chi connectivity index (χ3n) is 2.61. The van der Waals surface area contributed by atoms with Gasteiger partial charge in [0.15, 0.2) is 0 Å². The second-order valence-corrected chi connectivity index (χ2v) is 3.80. The van der Waals surface area contributed by atoms with Gasteiger partial charge in [-0.1, -0.05) is 0 Å². The fraction of sp³-hybridized carbons (Fsp3) is 0.333. The molecular formula is C12H16N4. The molecule has 2 aromatic rings. The fourth-order valence-electron chi connectivity index (χ4n) is 1.63. The molecule has 2 rings (SSSR count). The molecule has 84 valence electrons. The van der Waals surface area contributed by atoms with Gasteiger partial charge >= 0.3 is 0 Å². The standard InChI is InChI=1S/C12H16N4/c1-2-16-9-11(8-15-16)12(13)7-10-3-5-14-6-4-10/h3-6,8-9,12H,2,7,13H2,1H3. The summed E-state index contributed by atoms with van der Waals surface area (Å²) in [6.07, 6.45) is 8.24. The number of hydrogen-bond acceptors (Lipinski definition) is 3. The highest BCUT2D eigenvalue weighted by Gasteiger charge is 2.08. The molecular weight excluding hydrogens is 200 g/mol. The van der Waals surface area contributed by atoms with Crippen molar-refractivity contribution in [3.8, 4) is 0 Å². The summed E-state index contributed by atoms with van der Waals surface area (Å²) in [5.74, 6) is 0. The average Bonchev–Trinajstić information content (AvgIpc) is 2.79. The predicted molar refractivity (Wildman–Crippen MR) is 62.8 cm³/mol. The van der Waals surface area contributed by atoms with Crippen LogP contribution < -0.4 is 5.73 Å². The van der Waals surface area contributed by atoms with E-state index in [4.69, 9.17) is 5.73 Å². The van der Waals surface area contributed by atoms with Crippen molar-refractivity contribution in [1.82, 2.24) is 14.8 Å². The number of aromatic nitrogens is 3. The van der Waals surface area contributed by atoms with Gasteiger partial charge in [-0.25, -0.2) is 0 Å². The first-order valence-corrected chi connectivity index (χ1v) is 5.46. The molecule has 0 amide bonds. The van der Waals surface area contributed by atoms with Crippen LogP contribution >= 0.6 is 0 Å². The smallest absolute Gasteiger partial charge is 0.0537 e. The van der Waals surface area contributed by atoms with E-state index in [2.05, 4.69) is 17.0 Å². The van der Waals surface area contributed by atoms with E-state index in [-0.39, 0.29) is 6.04 Å². The minimum Gasteiger partial charge on any atom is -0.324 e. The van der Waals surface area contributed by atoms with Gasteiger partial charge in [-0.3, -0.25) is 9.67 Å². The maximum absolute atomic E-state index is 6.12. The topological polar surface area (TPSA) is 56.7 Å². The first-order chi connectivity index (χ1) is 7.79. The van der Waals surface area contributed by atoms with E-state index >= 15 is 0 Å². The molecule has 1 unspecified atom stereocenters. The molecule has 1 atom stereocenters. The molecule has 0 saturated heterocycles. The van der Waals surface area contributed by atoms with Crippen LogP contribution in [0.3, 0.4) is 0 Å². The summed E-state index contributed by atoms with van der Waals surface area (Å²) in [5, 5.41) is 4.22. The van der Waals surface area contributed by atoms with Gasteiger partial charge in [-0.05, 0) is 31.0 Å². The highest BCUT2D eigenvalue weighted by atomic mass is 15.3. The summed E-state index contributed by atoms with van der Waals surface area (Å²) in [7, 11) is 0. The van der Waals surface area contributed by atoms with E-state index in [9.17, 15) is 0 Å². The third kappa shape index (κ3) is 2.46. The lowest BCUT2D eigenvalue weighted by molar-refractivity contribution is 0.655. The fourth-order valence-corrected chi connectivity index (χ4v) is 1.63. The Hall–Kier alpha value is -1.68. The quantitative estimate of drug-likeness (QED) is 0.843. The molecule has 0 aliphatic heterocycles. The molecule has 0 aromatic carbocycles. The van der Waals surface area contributed by atoms with E-state index in [0.717, 1.165) is 18.5 Å². The van der Waals surface area contributed by atoms with Crippen molar-refractivity contribution in [2.75, 3.05) is 0 Å². The van der Waals surface area contributed by atoms with Gasteiger partial charge in [-0.2, -0.15) is 5.10 Å². The van der Waals surface area contributed by atoms with Crippen LogP contribution in [0, 0.1) is 0 Å². The van der Waals surface area contributed by atoms with Crippen LogP contribution in [-0.2, 0) is 13.0 Å². The zero-order valence-corrected chi connectivity index (χ0v) is 9.37. The molecule has 0 aliphatic rings. The lowest BCUT2D eigenvalue weighted by Gasteiger charge is -2.08. The maximum Gasteiger partial charge on any atom is 0.0537 e. The number of rotatable bonds is 4. The summed E-state index contributed by atoms with van der Waals surface area (Å²) < 4.78 is 1.89. The summed E-state index contributed by atoms with van der Waals surface area (Å²) in [6, 6.07) is 3.98. The molecule has 2 aromatic heterocycles. The number of nitrogens with two attached hydrogens (primary N) is 1. The van der Waals surface area contributed by atoms with Crippen molar-refractivity contribution < 1.29 is 0 Å². The lowest BCUT2D eigenvalue weighted by Crippen LogP contribution is -2.12. The van der Waals surface area contributed by atoms with Gasteiger partial charge in [0, 0.05) is 36.7 Å². The van der Waals surface area contributed by atoms with Gasteiger partial charge in [0.2, 0.25) is 0 Å². The summed E-state index contributed by atoms with van der Waals surface area (Å²) in [5.41, 5.74) is 8.40. The molecule has 0 aliphatic carbocycles. The van der Waals surface area contributed by atoms with Crippen LogP contribution in [0.5, 0.6) is 0 Å². The Kier molecular flexibility index (Phi) is 3.31. The minimum atomic E-state index is 0.00250. The minimum absolute atomic E-state index is 0.00250.